The Bertz CT molecular complexity index is 802. The minimum atomic E-state index is -0.542. The zero-order valence-electron chi connectivity index (χ0n) is 13.5. The maximum atomic E-state index is 12.9. The Balaban J connectivity index is 1.62. The molecule has 2 aromatic heterocycles. The fourth-order valence-electron chi connectivity index (χ4n) is 3.94. The number of likely N-dealkylation sites (tertiary alicyclic amines) is 1. The summed E-state index contributed by atoms with van der Waals surface area (Å²) < 4.78 is 5.55. The van der Waals surface area contributed by atoms with Crippen molar-refractivity contribution in [3.8, 4) is 0 Å². The lowest BCUT2D eigenvalue weighted by atomic mass is 9.73. The number of nitrogens with one attached hydrogen (secondary N) is 2. The van der Waals surface area contributed by atoms with Crippen LogP contribution in [0.1, 0.15) is 16.9 Å². The lowest BCUT2D eigenvalue weighted by Crippen LogP contribution is -2.49. The van der Waals surface area contributed by atoms with Gasteiger partial charge < -0.3 is 19.9 Å². The van der Waals surface area contributed by atoms with E-state index in [1.807, 2.05) is 12.1 Å². The number of carbonyl (C=O) groups excluding carboxylic acids is 2. The van der Waals surface area contributed by atoms with Crippen LogP contribution >= 0.6 is 0 Å². The second kappa shape index (κ2) is 5.59. The summed E-state index contributed by atoms with van der Waals surface area (Å²) in [4.78, 5) is 34.5. The van der Waals surface area contributed by atoms with Gasteiger partial charge in [-0.3, -0.25) is 9.59 Å². The second-order valence-electron chi connectivity index (χ2n) is 6.55. The molecule has 2 aromatic rings. The normalized spacial score (nSPS) is 26.4. The van der Waals surface area contributed by atoms with E-state index in [0.717, 1.165) is 5.39 Å². The molecule has 4 heterocycles. The standard InChI is InChI=1S/C17H20N4O3/c1-18-16(23)17-5-7-24-9-12(17)8-21(10-17)15(22)13-3-2-11-4-6-19-14(11)20-13/h2-4,6,12H,5,7-10H2,1H3,(H,18,23)(H,19,20)/t12-,17+/m1/s1. The number of hydrogen-bond donors (Lipinski definition) is 2. The summed E-state index contributed by atoms with van der Waals surface area (Å²) in [6.45, 7) is 2.01. The summed E-state index contributed by atoms with van der Waals surface area (Å²) in [7, 11) is 1.65. The molecule has 4 rings (SSSR count). The Kier molecular flexibility index (Phi) is 3.53. The maximum absolute atomic E-state index is 12.9. The highest BCUT2D eigenvalue weighted by Crippen LogP contribution is 2.42. The Morgan fingerprint density at radius 2 is 2.29 bits per heavy atom. The molecule has 2 atom stereocenters. The Hall–Kier alpha value is -2.41. The van der Waals surface area contributed by atoms with Gasteiger partial charge in [0, 0.05) is 44.2 Å². The molecule has 2 N–H and O–H groups in total. The van der Waals surface area contributed by atoms with Crippen LogP contribution in [0.3, 0.4) is 0 Å². The zero-order chi connectivity index (χ0) is 16.7. The predicted octanol–water partition coefficient (Wildman–Crippen LogP) is 0.788. The Morgan fingerprint density at radius 1 is 1.42 bits per heavy atom. The summed E-state index contributed by atoms with van der Waals surface area (Å²) in [5.41, 5.74) is 0.553. The molecule has 2 aliphatic heterocycles. The third kappa shape index (κ3) is 2.19. The molecular formula is C17H20N4O3. The largest absolute Gasteiger partial charge is 0.381 e. The van der Waals surface area contributed by atoms with Crippen LogP contribution in [0.25, 0.3) is 11.0 Å². The molecule has 2 aliphatic rings. The zero-order valence-corrected chi connectivity index (χ0v) is 13.5. The van der Waals surface area contributed by atoms with E-state index in [-0.39, 0.29) is 17.7 Å². The van der Waals surface area contributed by atoms with Gasteiger partial charge in [-0.25, -0.2) is 4.98 Å². The number of rotatable bonds is 2. The van der Waals surface area contributed by atoms with Crippen molar-refractivity contribution in [2.75, 3.05) is 33.4 Å². The lowest BCUT2D eigenvalue weighted by molar-refractivity contribution is -0.138. The fourth-order valence-corrected chi connectivity index (χ4v) is 3.94. The van der Waals surface area contributed by atoms with E-state index in [9.17, 15) is 9.59 Å². The number of aromatic nitrogens is 2. The van der Waals surface area contributed by atoms with Crippen molar-refractivity contribution in [1.82, 2.24) is 20.2 Å². The van der Waals surface area contributed by atoms with Crippen molar-refractivity contribution in [2.24, 2.45) is 11.3 Å². The molecule has 2 amide bonds. The summed E-state index contributed by atoms with van der Waals surface area (Å²) in [6, 6.07) is 5.54. The number of aromatic amines is 1. The monoisotopic (exact) mass is 328 g/mol. The molecule has 0 saturated carbocycles. The number of amides is 2. The molecule has 0 radical (unpaired) electrons. The van der Waals surface area contributed by atoms with Gasteiger partial charge in [-0.1, -0.05) is 0 Å². The quantitative estimate of drug-likeness (QED) is 0.853. The second-order valence-corrected chi connectivity index (χ2v) is 6.55. The molecule has 0 aromatic carbocycles. The molecule has 24 heavy (non-hydrogen) atoms. The highest BCUT2D eigenvalue weighted by molar-refractivity contribution is 5.95. The van der Waals surface area contributed by atoms with Crippen LogP contribution in [0.15, 0.2) is 24.4 Å². The predicted molar refractivity (Wildman–Crippen MR) is 87.4 cm³/mol. The van der Waals surface area contributed by atoms with E-state index in [4.69, 9.17) is 4.74 Å². The Morgan fingerprint density at radius 3 is 3.12 bits per heavy atom. The lowest BCUT2D eigenvalue weighted by Gasteiger charge is -2.36. The molecule has 2 saturated heterocycles. The van der Waals surface area contributed by atoms with E-state index in [2.05, 4.69) is 15.3 Å². The van der Waals surface area contributed by atoms with Gasteiger partial charge in [0.15, 0.2) is 0 Å². The van der Waals surface area contributed by atoms with E-state index < -0.39 is 5.41 Å². The van der Waals surface area contributed by atoms with Gasteiger partial charge in [0.05, 0.1) is 12.0 Å². The molecule has 2 fully saturated rings. The molecule has 126 valence electrons. The summed E-state index contributed by atoms with van der Waals surface area (Å²) in [6.07, 6.45) is 2.44. The van der Waals surface area contributed by atoms with E-state index in [0.29, 0.717) is 44.1 Å². The van der Waals surface area contributed by atoms with Crippen LogP contribution in [-0.2, 0) is 9.53 Å². The highest BCUT2D eigenvalue weighted by atomic mass is 16.5. The van der Waals surface area contributed by atoms with Crippen LogP contribution in [0.4, 0.5) is 0 Å². The van der Waals surface area contributed by atoms with Crippen molar-refractivity contribution in [3.05, 3.63) is 30.1 Å². The number of carbonyl (C=O) groups is 2. The SMILES string of the molecule is CNC(=O)[C@]12CCOC[C@H]1CN(C(=O)c1ccc3cc[nH]c3n1)C2. The average molecular weight is 328 g/mol. The smallest absolute Gasteiger partial charge is 0.272 e. The topological polar surface area (TPSA) is 87.3 Å². The minimum absolute atomic E-state index is 0.00104. The molecule has 0 unspecified atom stereocenters. The molecule has 0 bridgehead atoms. The van der Waals surface area contributed by atoms with Crippen LogP contribution in [0.5, 0.6) is 0 Å². The number of pyridine rings is 1. The third-order valence-electron chi connectivity index (χ3n) is 5.30. The van der Waals surface area contributed by atoms with Crippen LogP contribution in [0, 0.1) is 11.3 Å². The first-order chi connectivity index (χ1) is 11.6. The van der Waals surface area contributed by atoms with Gasteiger partial charge in [0.2, 0.25) is 5.91 Å². The van der Waals surface area contributed by atoms with Gasteiger partial charge >= 0.3 is 0 Å². The molecule has 0 spiro atoms. The average Bonchev–Trinajstić information content (AvgIpc) is 3.24. The third-order valence-corrected chi connectivity index (χ3v) is 5.30. The van der Waals surface area contributed by atoms with Crippen LogP contribution in [0.2, 0.25) is 0 Å². The number of H-pyrrole nitrogens is 1. The van der Waals surface area contributed by atoms with Gasteiger partial charge in [-0.05, 0) is 24.6 Å². The van der Waals surface area contributed by atoms with Crippen molar-refractivity contribution in [1.29, 1.82) is 0 Å². The van der Waals surface area contributed by atoms with Crippen LogP contribution < -0.4 is 5.32 Å². The van der Waals surface area contributed by atoms with Gasteiger partial charge in [0.25, 0.3) is 5.91 Å². The van der Waals surface area contributed by atoms with Gasteiger partial charge in [0.1, 0.15) is 11.3 Å². The molecule has 7 nitrogen and oxygen atoms in total. The number of ether oxygens (including phenoxy) is 1. The van der Waals surface area contributed by atoms with Crippen molar-refractivity contribution < 1.29 is 14.3 Å². The number of nitrogens with zero attached hydrogens (tertiary/aromatic N) is 2. The summed E-state index contributed by atoms with van der Waals surface area (Å²) in [5, 5.41) is 3.73. The highest BCUT2D eigenvalue weighted by Gasteiger charge is 2.54. The Labute approximate surface area is 139 Å². The van der Waals surface area contributed by atoms with Gasteiger partial charge in [-0.15, -0.1) is 0 Å². The summed E-state index contributed by atoms with van der Waals surface area (Å²) in [5.74, 6) is -0.104. The number of hydrogen-bond acceptors (Lipinski definition) is 4. The maximum Gasteiger partial charge on any atom is 0.272 e. The first-order valence-corrected chi connectivity index (χ1v) is 8.17. The van der Waals surface area contributed by atoms with E-state index in [1.54, 1.807) is 24.2 Å². The molecule has 7 heteroatoms. The van der Waals surface area contributed by atoms with E-state index >= 15 is 0 Å². The van der Waals surface area contributed by atoms with E-state index in [1.165, 1.54) is 0 Å². The van der Waals surface area contributed by atoms with Crippen molar-refractivity contribution >= 4 is 22.8 Å². The van der Waals surface area contributed by atoms with Gasteiger partial charge in [-0.2, -0.15) is 0 Å². The fraction of sp³-hybridized carbons (Fsp3) is 0.471. The van der Waals surface area contributed by atoms with Crippen molar-refractivity contribution in [3.63, 3.8) is 0 Å². The van der Waals surface area contributed by atoms with Crippen molar-refractivity contribution in [2.45, 2.75) is 6.42 Å². The van der Waals surface area contributed by atoms with Crippen LogP contribution in [-0.4, -0.2) is 60.0 Å². The molecular weight excluding hydrogens is 308 g/mol. The first-order valence-electron chi connectivity index (χ1n) is 8.17. The summed E-state index contributed by atoms with van der Waals surface area (Å²) >= 11 is 0. The first kappa shape index (κ1) is 15.1. The minimum Gasteiger partial charge on any atom is -0.381 e. The number of fused-ring (bicyclic) bond motifs is 2. The molecule has 0 aliphatic carbocycles.